The minimum atomic E-state index is 0.276. The van der Waals surface area contributed by atoms with E-state index in [0.29, 0.717) is 0 Å². The Kier molecular flexibility index (Phi) is 5.05. The molecule has 0 saturated carbocycles. The molecule has 2 heterocycles. The van der Waals surface area contributed by atoms with Gasteiger partial charge < -0.3 is 5.73 Å². The van der Waals surface area contributed by atoms with Crippen LogP contribution in [-0.2, 0) is 0 Å². The summed E-state index contributed by atoms with van der Waals surface area (Å²) in [5.41, 5.74) is 6.42. The van der Waals surface area contributed by atoms with Crippen LogP contribution in [0, 0.1) is 0 Å². The maximum atomic E-state index is 6.15. The van der Waals surface area contributed by atoms with Gasteiger partial charge in [-0.15, -0.1) is 0 Å². The molecular formula is C15H31N3. The first-order chi connectivity index (χ1) is 8.75. The van der Waals surface area contributed by atoms with Crippen LogP contribution in [0.1, 0.15) is 52.4 Å². The van der Waals surface area contributed by atoms with Gasteiger partial charge in [0.05, 0.1) is 0 Å². The van der Waals surface area contributed by atoms with Crippen molar-refractivity contribution in [2.75, 3.05) is 32.7 Å². The van der Waals surface area contributed by atoms with E-state index in [1.807, 2.05) is 0 Å². The van der Waals surface area contributed by atoms with Crippen molar-refractivity contribution in [3.63, 3.8) is 0 Å². The predicted molar refractivity (Wildman–Crippen MR) is 77.8 cm³/mol. The number of piperazine rings is 1. The maximum Gasteiger partial charge on any atom is 0.0330 e. The molecule has 0 aromatic heterocycles. The van der Waals surface area contributed by atoms with Gasteiger partial charge in [-0.25, -0.2) is 0 Å². The summed E-state index contributed by atoms with van der Waals surface area (Å²) in [6, 6.07) is 0.807. The average molecular weight is 253 g/mol. The largest absolute Gasteiger partial charge is 0.329 e. The lowest BCUT2D eigenvalue weighted by atomic mass is 9.86. The molecule has 2 atom stereocenters. The molecule has 0 aromatic rings. The van der Waals surface area contributed by atoms with Crippen LogP contribution in [-0.4, -0.2) is 54.1 Å². The quantitative estimate of drug-likeness (QED) is 0.814. The number of nitrogens with two attached hydrogens (primary N) is 1. The van der Waals surface area contributed by atoms with Gasteiger partial charge in [0.1, 0.15) is 0 Å². The maximum absolute atomic E-state index is 6.15. The number of nitrogens with zero attached hydrogens (tertiary/aromatic N) is 2. The number of piperidine rings is 1. The second-order valence-corrected chi connectivity index (χ2v) is 6.16. The highest BCUT2D eigenvalue weighted by Crippen LogP contribution is 2.30. The van der Waals surface area contributed by atoms with Gasteiger partial charge in [-0.1, -0.05) is 26.7 Å². The van der Waals surface area contributed by atoms with Gasteiger partial charge in [0.25, 0.3) is 0 Å². The van der Waals surface area contributed by atoms with Crippen LogP contribution in [0.3, 0.4) is 0 Å². The molecule has 2 N–H and O–H groups in total. The standard InChI is InChI=1S/C15H31N3/c1-3-8-15(4-2,13-16)18-11-10-17-9-6-5-7-14(17)12-18/h14H,3-13,16H2,1-2H3. The third-order valence-electron chi connectivity index (χ3n) is 5.26. The Morgan fingerprint density at radius 1 is 1.17 bits per heavy atom. The van der Waals surface area contributed by atoms with E-state index in [9.17, 15) is 0 Å². The molecule has 0 amide bonds. The Morgan fingerprint density at radius 2 is 2.00 bits per heavy atom. The lowest BCUT2D eigenvalue weighted by Gasteiger charge is -2.51. The van der Waals surface area contributed by atoms with Crippen molar-refractivity contribution in [2.24, 2.45) is 5.73 Å². The zero-order valence-electron chi connectivity index (χ0n) is 12.3. The zero-order valence-corrected chi connectivity index (χ0v) is 12.3. The van der Waals surface area contributed by atoms with Gasteiger partial charge in [0.15, 0.2) is 0 Å². The molecule has 2 fully saturated rings. The van der Waals surface area contributed by atoms with E-state index in [-0.39, 0.29) is 5.54 Å². The zero-order chi connectivity index (χ0) is 13.0. The molecule has 2 rings (SSSR count). The summed E-state index contributed by atoms with van der Waals surface area (Å²) in [6.45, 7) is 10.5. The normalized spacial score (nSPS) is 29.8. The van der Waals surface area contributed by atoms with Crippen LogP contribution in [0.2, 0.25) is 0 Å². The molecule has 2 aliphatic heterocycles. The van der Waals surface area contributed by atoms with Crippen molar-refractivity contribution in [2.45, 2.75) is 64.0 Å². The fourth-order valence-electron chi connectivity index (χ4n) is 3.99. The molecule has 2 saturated heterocycles. The Bertz CT molecular complexity index is 250. The molecule has 0 aromatic carbocycles. The highest BCUT2D eigenvalue weighted by molar-refractivity contribution is 4.96. The fraction of sp³-hybridized carbons (Fsp3) is 1.00. The SMILES string of the molecule is CCCC(CC)(CN)N1CCN2CCCCC2C1. The van der Waals surface area contributed by atoms with Crippen LogP contribution in [0.25, 0.3) is 0 Å². The molecule has 2 unspecified atom stereocenters. The van der Waals surface area contributed by atoms with Crippen molar-refractivity contribution < 1.29 is 0 Å². The van der Waals surface area contributed by atoms with E-state index in [2.05, 4.69) is 23.6 Å². The van der Waals surface area contributed by atoms with E-state index in [0.717, 1.165) is 12.6 Å². The second kappa shape index (κ2) is 6.36. The molecule has 0 radical (unpaired) electrons. The van der Waals surface area contributed by atoms with Crippen LogP contribution in [0.15, 0.2) is 0 Å². The highest BCUT2D eigenvalue weighted by atomic mass is 15.3. The van der Waals surface area contributed by atoms with Crippen LogP contribution < -0.4 is 5.73 Å². The lowest BCUT2D eigenvalue weighted by molar-refractivity contribution is -0.0167. The molecule has 0 spiro atoms. The molecule has 0 bridgehead atoms. The van der Waals surface area contributed by atoms with Gasteiger partial charge in [0, 0.05) is 37.8 Å². The summed E-state index contributed by atoms with van der Waals surface area (Å²) < 4.78 is 0. The van der Waals surface area contributed by atoms with E-state index < -0.39 is 0 Å². The molecule has 0 aliphatic carbocycles. The van der Waals surface area contributed by atoms with Gasteiger partial charge in [-0.05, 0) is 32.2 Å². The van der Waals surface area contributed by atoms with Gasteiger partial charge >= 0.3 is 0 Å². The first-order valence-electron chi connectivity index (χ1n) is 7.95. The smallest absolute Gasteiger partial charge is 0.0330 e. The van der Waals surface area contributed by atoms with E-state index in [1.165, 1.54) is 64.7 Å². The number of hydrogen-bond donors (Lipinski definition) is 1. The van der Waals surface area contributed by atoms with Crippen molar-refractivity contribution >= 4 is 0 Å². The summed E-state index contributed by atoms with van der Waals surface area (Å²) >= 11 is 0. The number of rotatable bonds is 5. The highest BCUT2D eigenvalue weighted by Gasteiger charge is 2.38. The van der Waals surface area contributed by atoms with Crippen molar-refractivity contribution in [3.8, 4) is 0 Å². The topological polar surface area (TPSA) is 32.5 Å². The third kappa shape index (κ3) is 2.73. The lowest BCUT2D eigenvalue weighted by Crippen LogP contribution is -2.63. The molecule has 3 heteroatoms. The first kappa shape index (κ1) is 14.3. The fourth-order valence-corrected chi connectivity index (χ4v) is 3.99. The van der Waals surface area contributed by atoms with E-state index >= 15 is 0 Å². The second-order valence-electron chi connectivity index (χ2n) is 6.16. The van der Waals surface area contributed by atoms with Crippen LogP contribution in [0.4, 0.5) is 0 Å². The minimum Gasteiger partial charge on any atom is -0.329 e. The molecule has 3 nitrogen and oxygen atoms in total. The molecule has 106 valence electrons. The molecule has 18 heavy (non-hydrogen) atoms. The Labute approximate surface area is 113 Å². The first-order valence-corrected chi connectivity index (χ1v) is 7.95. The summed E-state index contributed by atoms with van der Waals surface area (Å²) in [4.78, 5) is 5.44. The number of hydrogen-bond acceptors (Lipinski definition) is 3. The Balaban J connectivity index is 2.03. The average Bonchev–Trinajstić information content (AvgIpc) is 2.44. The third-order valence-corrected chi connectivity index (χ3v) is 5.26. The van der Waals surface area contributed by atoms with E-state index in [1.54, 1.807) is 0 Å². The Morgan fingerprint density at radius 3 is 2.67 bits per heavy atom. The van der Waals surface area contributed by atoms with Gasteiger partial charge in [-0.2, -0.15) is 0 Å². The summed E-state index contributed by atoms with van der Waals surface area (Å²) in [6.07, 6.45) is 7.92. The summed E-state index contributed by atoms with van der Waals surface area (Å²) in [5, 5.41) is 0. The predicted octanol–water partition coefficient (Wildman–Crippen LogP) is 2.06. The number of fused-ring (bicyclic) bond motifs is 1. The molecule has 2 aliphatic rings. The van der Waals surface area contributed by atoms with Gasteiger partial charge in [-0.3, -0.25) is 9.80 Å². The molecular weight excluding hydrogens is 222 g/mol. The van der Waals surface area contributed by atoms with E-state index in [4.69, 9.17) is 5.73 Å². The monoisotopic (exact) mass is 253 g/mol. The Hall–Kier alpha value is -0.120. The van der Waals surface area contributed by atoms with Crippen molar-refractivity contribution in [1.29, 1.82) is 0 Å². The van der Waals surface area contributed by atoms with Gasteiger partial charge in [0.2, 0.25) is 0 Å². The van der Waals surface area contributed by atoms with Crippen molar-refractivity contribution in [3.05, 3.63) is 0 Å². The minimum absolute atomic E-state index is 0.276. The van der Waals surface area contributed by atoms with Crippen LogP contribution >= 0.6 is 0 Å². The summed E-state index contributed by atoms with van der Waals surface area (Å²) in [7, 11) is 0. The van der Waals surface area contributed by atoms with Crippen molar-refractivity contribution in [1.82, 2.24) is 9.80 Å². The van der Waals surface area contributed by atoms with Crippen LogP contribution in [0.5, 0.6) is 0 Å². The summed E-state index contributed by atoms with van der Waals surface area (Å²) in [5.74, 6) is 0.